The molecule has 2 aromatic rings. The number of hydrogen-bond acceptors (Lipinski definition) is 1. The van der Waals surface area contributed by atoms with E-state index >= 15 is 0 Å². The van der Waals surface area contributed by atoms with Crippen LogP contribution < -0.4 is 0 Å². The van der Waals surface area contributed by atoms with Crippen LogP contribution in [0.1, 0.15) is 78.7 Å². The van der Waals surface area contributed by atoms with Crippen LogP contribution >= 0.6 is 0 Å². The predicted molar refractivity (Wildman–Crippen MR) is 106 cm³/mol. The molecule has 0 fully saturated rings. The molecular formula is C24H30O. The standard InChI is InChI=1S/C24H30O/c1-16-7-9-18(10-8-16)22(25)15-19-14-21-20(13-17(19)2)23(3,4)11-12-24(21,5)6/h7-10,13-14H,11-12,15H2,1-6H3. The highest BCUT2D eigenvalue weighted by atomic mass is 16.1. The maximum absolute atomic E-state index is 12.7. The van der Waals surface area contributed by atoms with Gasteiger partial charge < -0.3 is 0 Å². The molecule has 0 heterocycles. The van der Waals surface area contributed by atoms with Crippen molar-refractivity contribution in [2.45, 2.75) is 71.6 Å². The van der Waals surface area contributed by atoms with Crippen LogP contribution in [0.25, 0.3) is 0 Å². The lowest BCUT2D eigenvalue weighted by atomic mass is 9.62. The van der Waals surface area contributed by atoms with E-state index < -0.39 is 0 Å². The molecule has 0 radical (unpaired) electrons. The lowest BCUT2D eigenvalue weighted by molar-refractivity contribution is 0.0992. The molecule has 1 aliphatic rings. The van der Waals surface area contributed by atoms with Crippen LogP contribution in [0.5, 0.6) is 0 Å². The van der Waals surface area contributed by atoms with Crippen molar-refractivity contribution < 1.29 is 4.79 Å². The number of carbonyl (C=O) groups is 1. The van der Waals surface area contributed by atoms with Gasteiger partial charge in [0, 0.05) is 12.0 Å². The summed E-state index contributed by atoms with van der Waals surface area (Å²) in [5.74, 6) is 0.205. The van der Waals surface area contributed by atoms with E-state index in [2.05, 4.69) is 46.8 Å². The van der Waals surface area contributed by atoms with Gasteiger partial charge in [0.25, 0.3) is 0 Å². The fourth-order valence-electron chi connectivity index (χ4n) is 3.97. The highest BCUT2D eigenvalue weighted by Crippen LogP contribution is 2.46. The molecule has 0 aromatic heterocycles. The number of rotatable bonds is 3. The summed E-state index contributed by atoms with van der Waals surface area (Å²) < 4.78 is 0. The van der Waals surface area contributed by atoms with Gasteiger partial charge in [-0.15, -0.1) is 0 Å². The largest absolute Gasteiger partial charge is 0.294 e. The molecule has 132 valence electrons. The number of benzene rings is 2. The summed E-state index contributed by atoms with van der Waals surface area (Å²) in [6, 6.07) is 12.6. The number of fused-ring (bicyclic) bond motifs is 1. The summed E-state index contributed by atoms with van der Waals surface area (Å²) >= 11 is 0. The Morgan fingerprint density at radius 1 is 0.880 bits per heavy atom. The highest BCUT2D eigenvalue weighted by molar-refractivity contribution is 5.97. The maximum atomic E-state index is 12.7. The first kappa shape index (κ1) is 17.9. The predicted octanol–water partition coefficient (Wildman–Crippen LogP) is 6.08. The van der Waals surface area contributed by atoms with Gasteiger partial charge in [-0.1, -0.05) is 69.7 Å². The first-order chi connectivity index (χ1) is 11.6. The van der Waals surface area contributed by atoms with Crippen LogP contribution in [0.2, 0.25) is 0 Å². The Balaban J connectivity index is 1.98. The molecule has 0 saturated heterocycles. The first-order valence-corrected chi connectivity index (χ1v) is 9.34. The SMILES string of the molecule is Cc1ccc(C(=O)Cc2cc3c(cc2C)C(C)(C)CCC3(C)C)cc1. The van der Waals surface area contributed by atoms with E-state index in [1.807, 2.05) is 31.2 Å². The van der Waals surface area contributed by atoms with Gasteiger partial charge in [0.05, 0.1) is 0 Å². The van der Waals surface area contributed by atoms with Crippen LogP contribution in [0.3, 0.4) is 0 Å². The van der Waals surface area contributed by atoms with Crippen molar-refractivity contribution in [2.24, 2.45) is 0 Å². The molecule has 2 aromatic carbocycles. The molecule has 1 nitrogen and oxygen atoms in total. The zero-order chi connectivity index (χ0) is 18.4. The molecule has 25 heavy (non-hydrogen) atoms. The van der Waals surface area contributed by atoms with Crippen molar-refractivity contribution in [3.63, 3.8) is 0 Å². The lowest BCUT2D eigenvalue weighted by Crippen LogP contribution is -2.34. The minimum Gasteiger partial charge on any atom is -0.294 e. The quantitative estimate of drug-likeness (QED) is 0.622. The van der Waals surface area contributed by atoms with Gasteiger partial charge in [-0.3, -0.25) is 4.79 Å². The molecule has 0 unspecified atom stereocenters. The van der Waals surface area contributed by atoms with Crippen molar-refractivity contribution in [2.75, 3.05) is 0 Å². The summed E-state index contributed by atoms with van der Waals surface area (Å²) in [4.78, 5) is 12.7. The average molecular weight is 335 g/mol. The van der Waals surface area contributed by atoms with E-state index in [0.717, 1.165) is 5.56 Å². The van der Waals surface area contributed by atoms with Crippen molar-refractivity contribution in [1.29, 1.82) is 0 Å². The number of ketones is 1. The summed E-state index contributed by atoms with van der Waals surface area (Å²) in [5.41, 5.74) is 7.71. The molecule has 1 heteroatoms. The van der Waals surface area contributed by atoms with Gasteiger partial charge >= 0.3 is 0 Å². The van der Waals surface area contributed by atoms with Crippen LogP contribution in [0, 0.1) is 13.8 Å². The van der Waals surface area contributed by atoms with E-state index in [-0.39, 0.29) is 16.6 Å². The Labute approximate surface area is 152 Å². The van der Waals surface area contributed by atoms with E-state index in [1.165, 1.54) is 40.7 Å². The van der Waals surface area contributed by atoms with E-state index in [9.17, 15) is 4.79 Å². The molecule has 1 aliphatic carbocycles. The zero-order valence-corrected chi connectivity index (χ0v) is 16.5. The Hall–Kier alpha value is -1.89. The number of aryl methyl sites for hydroxylation is 2. The number of Topliss-reactive ketones (excluding diaryl/α,β-unsaturated/α-hetero) is 1. The molecular weight excluding hydrogens is 304 g/mol. The van der Waals surface area contributed by atoms with E-state index in [4.69, 9.17) is 0 Å². The van der Waals surface area contributed by atoms with Crippen molar-refractivity contribution in [3.8, 4) is 0 Å². The fourth-order valence-corrected chi connectivity index (χ4v) is 3.97. The average Bonchev–Trinajstić information content (AvgIpc) is 2.54. The number of hydrogen-bond donors (Lipinski definition) is 0. The minimum absolute atomic E-state index is 0.181. The smallest absolute Gasteiger partial charge is 0.167 e. The number of carbonyl (C=O) groups excluding carboxylic acids is 1. The zero-order valence-electron chi connectivity index (χ0n) is 16.5. The molecule has 0 aliphatic heterocycles. The fraction of sp³-hybridized carbons (Fsp3) is 0.458. The normalized spacial score (nSPS) is 17.8. The second-order valence-corrected chi connectivity index (χ2v) is 9.06. The van der Waals surface area contributed by atoms with E-state index in [1.54, 1.807) is 0 Å². The van der Waals surface area contributed by atoms with Gasteiger partial charge in [0.15, 0.2) is 5.78 Å². The molecule has 0 amide bonds. The van der Waals surface area contributed by atoms with Gasteiger partial charge in [-0.2, -0.15) is 0 Å². The van der Waals surface area contributed by atoms with Crippen LogP contribution in [-0.2, 0) is 17.3 Å². The Morgan fingerprint density at radius 2 is 1.40 bits per heavy atom. The third kappa shape index (κ3) is 3.42. The Morgan fingerprint density at radius 3 is 1.96 bits per heavy atom. The van der Waals surface area contributed by atoms with Gasteiger partial charge in [0.1, 0.15) is 0 Å². The molecule has 0 N–H and O–H groups in total. The maximum Gasteiger partial charge on any atom is 0.167 e. The summed E-state index contributed by atoms with van der Waals surface area (Å²) in [7, 11) is 0. The highest BCUT2D eigenvalue weighted by Gasteiger charge is 2.37. The minimum atomic E-state index is 0.181. The summed E-state index contributed by atoms with van der Waals surface area (Å²) in [6.07, 6.45) is 2.90. The van der Waals surface area contributed by atoms with Crippen molar-refractivity contribution in [1.82, 2.24) is 0 Å². The van der Waals surface area contributed by atoms with Crippen LogP contribution in [-0.4, -0.2) is 5.78 Å². The summed E-state index contributed by atoms with van der Waals surface area (Å²) in [6.45, 7) is 13.6. The third-order valence-corrected chi connectivity index (χ3v) is 6.03. The molecule has 0 spiro atoms. The Bertz CT molecular complexity index is 807. The molecule has 0 atom stereocenters. The second kappa shape index (κ2) is 6.12. The Kier molecular flexibility index (Phi) is 4.39. The lowest BCUT2D eigenvalue weighted by Gasteiger charge is -2.42. The van der Waals surface area contributed by atoms with Gasteiger partial charge in [-0.05, 0) is 59.8 Å². The first-order valence-electron chi connectivity index (χ1n) is 9.34. The monoisotopic (exact) mass is 334 g/mol. The molecule has 0 bridgehead atoms. The van der Waals surface area contributed by atoms with Crippen LogP contribution in [0.15, 0.2) is 36.4 Å². The van der Waals surface area contributed by atoms with E-state index in [0.29, 0.717) is 6.42 Å². The van der Waals surface area contributed by atoms with Crippen molar-refractivity contribution in [3.05, 3.63) is 69.8 Å². The van der Waals surface area contributed by atoms with Gasteiger partial charge in [-0.25, -0.2) is 0 Å². The van der Waals surface area contributed by atoms with Crippen LogP contribution in [0.4, 0.5) is 0 Å². The molecule has 3 rings (SSSR count). The second-order valence-electron chi connectivity index (χ2n) is 9.06. The van der Waals surface area contributed by atoms with Gasteiger partial charge in [0.2, 0.25) is 0 Å². The summed E-state index contributed by atoms with van der Waals surface area (Å²) in [5, 5.41) is 0. The van der Waals surface area contributed by atoms with Crippen molar-refractivity contribution >= 4 is 5.78 Å². The topological polar surface area (TPSA) is 17.1 Å². The molecule has 0 saturated carbocycles. The third-order valence-electron chi connectivity index (χ3n) is 6.03.